The molecule has 20 nitrogen and oxygen atoms in total. The molecule has 7 amide bonds. The number of amides is 7. The van der Waals surface area contributed by atoms with E-state index in [1.54, 1.807) is 30.1 Å². The fourth-order valence-electron chi connectivity index (χ4n) is 12.6. The van der Waals surface area contributed by atoms with Gasteiger partial charge in [0.2, 0.25) is 41.4 Å². The Balaban J connectivity index is 1.17. The molecule has 0 bridgehead atoms. The topological polar surface area (TPSA) is 263 Å². The quantitative estimate of drug-likeness (QED) is 0.0659. The first-order chi connectivity index (χ1) is 37.9. The van der Waals surface area contributed by atoms with E-state index in [1.165, 1.54) is 27.9 Å². The maximum Gasteiger partial charge on any atom is 0.246 e. The Morgan fingerprint density at radius 2 is 1.49 bits per heavy atom. The predicted octanol–water partition coefficient (Wildman–Crippen LogP) is 3.67. The van der Waals surface area contributed by atoms with Gasteiger partial charge in [0.05, 0.1) is 6.61 Å². The number of rotatable bonds is 22. The van der Waals surface area contributed by atoms with Crippen molar-refractivity contribution >= 4 is 47.3 Å². The lowest BCUT2D eigenvalue weighted by atomic mass is 9.84. The van der Waals surface area contributed by atoms with Gasteiger partial charge < -0.3 is 61.3 Å². The minimum atomic E-state index is -1.11. The molecule has 0 spiro atoms. The van der Waals surface area contributed by atoms with Gasteiger partial charge in [-0.15, -0.1) is 0 Å². The van der Waals surface area contributed by atoms with Gasteiger partial charge in [0.15, 0.2) is 12.2 Å². The third-order valence-electron chi connectivity index (χ3n) is 16.8. The summed E-state index contributed by atoms with van der Waals surface area (Å²) in [6.45, 7) is 7.84. The van der Waals surface area contributed by atoms with Gasteiger partial charge in [0.25, 0.3) is 0 Å². The largest absolute Gasteiger partial charge is 0.474 e. The average molecular weight is 1090 g/mol. The number of guanidine groups is 1. The van der Waals surface area contributed by atoms with Crippen LogP contribution in [-0.4, -0.2) is 166 Å². The third kappa shape index (κ3) is 15.0. The number of hydrogen-bond donors (Lipinski definition) is 7. The Bertz CT molecular complexity index is 2480. The van der Waals surface area contributed by atoms with Crippen molar-refractivity contribution in [3.63, 3.8) is 0 Å². The molecule has 7 rings (SSSR count). The molecule has 3 fully saturated rings. The van der Waals surface area contributed by atoms with Crippen LogP contribution >= 0.6 is 0 Å². The lowest BCUT2D eigenvalue weighted by molar-refractivity contribution is -0.148. The number of ether oxygens (including phenoxy) is 1. The lowest BCUT2D eigenvalue weighted by Crippen LogP contribution is -2.63. The summed E-state index contributed by atoms with van der Waals surface area (Å²) >= 11 is 0. The molecule has 2 aromatic rings. The van der Waals surface area contributed by atoms with Crippen LogP contribution in [0.25, 0.3) is 0 Å². The maximum absolute atomic E-state index is 15.6. The van der Waals surface area contributed by atoms with Crippen LogP contribution < -0.4 is 27.0 Å². The second-order valence-corrected chi connectivity index (χ2v) is 23.1. The Labute approximate surface area is 466 Å². The van der Waals surface area contributed by atoms with E-state index in [0.29, 0.717) is 58.0 Å². The zero-order valence-electron chi connectivity index (χ0n) is 47.2. The molecule has 0 radical (unpaired) electrons. The first-order valence-electron chi connectivity index (χ1n) is 28.8. The van der Waals surface area contributed by atoms with Gasteiger partial charge >= 0.3 is 0 Å². The van der Waals surface area contributed by atoms with Gasteiger partial charge in [-0.2, -0.15) is 0 Å². The van der Waals surface area contributed by atoms with Crippen molar-refractivity contribution in [1.29, 1.82) is 5.41 Å². The molecule has 432 valence electrons. The second kappa shape index (κ2) is 27.9. The number of unbranched alkanes of at least 4 members (excludes halogenated alkanes) is 1. The maximum atomic E-state index is 15.6. The van der Waals surface area contributed by atoms with Gasteiger partial charge in [-0.3, -0.25) is 39.0 Å². The van der Waals surface area contributed by atoms with Crippen LogP contribution in [0, 0.1) is 23.2 Å². The molecular weight excluding hydrogens is 1010 g/mol. The van der Waals surface area contributed by atoms with Crippen molar-refractivity contribution in [2.45, 2.75) is 179 Å². The summed E-state index contributed by atoms with van der Waals surface area (Å²) in [7, 11) is 3.36. The van der Waals surface area contributed by atoms with E-state index in [0.717, 1.165) is 48.8 Å². The zero-order valence-corrected chi connectivity index (χ0v) is 47.2. The highest BCUT2D eigenvalue weighted by molar-refractivity contribution is 5.97. The van der Waals surface area contributed by atoms with E-state index in [9.17, 15) is 19.5 Å². The van der Waals surface area contributed by atoms with Gasteiger partial charge in [-0.25, -0.2) is 0 Å². The molecule has 5 aliphatic rings. The molecule has 79 heavy (non-hydrogen) atoms. The number of nitrogens with two attached hydrogens (primary N) is 1. The van der Waals surface area contributed by atoms with E-state index in [-0.39, 0.29) is 55.5 Å². The highest BCUT2D eigenvalue weighted by atomic mass is 16.5. The highest BCUT2D eigenvalue weighted by Gasteiger charge is 2.48. The van der Waals surface area contributed by atoms with Crippen LogP contribution in [0.5, 0.6) is 0 Å². The molecule has 20 heteroatoms. The smallest absolute Gasteiger partial charge is 0.246 e. The van der Waals surface area contributed by atoms with Crippen LogP contribution in [0.3, 0.4) is 0 Å². The number of carbonyl (C=O) groups is 7. The van der Waals surface area contributed by atoms with Crippen molar-refractivity contribution in [2.24, 2.45) is 23.5 Å². The van der Waals surface area contributed by atoms with Crippen LogP contribution in [0.4, 0.5) is 0 Å². The summed E-state index contributed by atoms with van der Waals surface area (Å²) < 4.78 is 6.02. The highest BCUT2D eigenvalue weighted by Crippen LogP contribution is 2.36. The Kier molecular flexibility index (Phi) is 21.2. The zero-order chi connectivity index (χ0) is 56.9. The van der Waals surface area contributed by atoms with Crippen LogP contribution in [0.2, 0.25) is 0 Å². The Morgan fingerprint density at radius 1 is 0.810 bits per heavy atom. The number of carbonyl (C=O) groups excluding carboxylic acids is 7. The van der Waals surface area contributed by atoms with Crippen molar-refractivity contribution in [1.82, 2.24) is 45.8 Å². The van der Waals surface area contributed by atoms with Gasteiger partial charge in [0, 0.05) is 65.7 Å². The van der Waals surface area contributed by atoms with E-state index in [2.05, 4.69) is 21.3 Å². The summed E-state index contributed by atoms with van der Waals surface area (Å²) in [4.78, 5) is 110. The van der Waals surface area contributed by atoms with Crippen molar-refractivity contribution in [3.8, 4) is 0 Å². The van der Waals surface area contributed by atoms with E-state index in [1.807, 2.05) is 75.4 Å². The molecular formula is C59H87N11O9. The Morgan fingerprint density at radius 3 is 2.13 bits per heavy atom. The van der Waals surface area contributed by atoms with Crippen molar-refractivity contribution in [3.05, 3.63) is 83.7 Å². The fourth-order valence-corrected chi connectivity index (χ4v) is 12.6. The molecule has 1 aliphatic carbocycles. The second-order valence-electron chi connectivity index (χ2n) is 23.1. The number of likely N-dealkylation sites (tertiary alicyclic amines) is 2. The number of likely N-dealkylation sites (N-methyl/N-ethyl adjacent to an activating group) is 1. The van der Waals surface area contributed by atoms with Gasteiger partial charge in [0.1, 0.15) is 48.6 Å². The van der Waals surface area contributed by atoms with E-state index < -0.39 is 96.5 Å². The summed E-state index contributed by atoms with van der Waals surface area (Å²) in [6, 6.07) is 10.1. The van der Waals surface area contributed by atoms with Gasteiger partial charge in [-0.1, -0.05) is 120 Å². The monoisotopic (exact) mass is 1090 g/mol. The van der Waals surface area contributed by atoms with Crippen LogP contribution in [0.15, 0.2) is 67.1 Å². The molecule has 4 aliphatic heterocycles. The molecule has 0 aromatic heterocycles. The normalized spacial score (nSPS) is 22.4. The fraction of sp³-hybridized carbons (Fsp3) is 0.627. The summed E-state index contributed by atoms with van der Waals surface area (Å²) in [5, 5.41) is 31.1. The van der Waals surface area contributed by atoms with Crippen molar-refractivity contribution in [2.75, 3.05) is 40.3 Å². The van der Waals surface area contributed by atoms with Gasteiger partial charge in [-0.05, 0) is 73.0 Å². The lowest BCUT2D eigenvalue weighted by Gasteiger charge is -2.42. The number of nitrogens with zero attached hydrogens (tertiary/aromatic N) is 5. The van der Waals surface area contributed by atoms with E-state index >= 15 is 19.2 Å². The number of nitrogens with one attached hydrogen (secondary N) is 5. The van der Waals surface area contributed by atoms with Crippen molar-refractivity contribution < 1.29 is 43.4 Å². The van der Waals surface area contributed by atoms with E-state index in [4.69, 9.17) is 15.9 Å². The molecule has 2 saturated heterocycles. The summed E-state index contributed by atoms with van der Waals surface area (Å²) in [5.41, 5.74) is 8.43. The molecule has 1 saturated carbocycles. The van der Waals surface area contributed by atoms with Crippen LogP contribution in [-0.2, 0) is 51.3 Å². The summed E-state index contributed by atoms with van der Waals surface area (Å²) in [5.74, 6) is -3.59. The number of fused-ring (bicyclic) bond motifs is 1. The first-order valence-corrected chi connectivity index (χ1v) is 28.8. The number of aliphatic hydroxyl groups excluding tert-OH is 1. The minimum Gasteiger partial charge on any atom is -0.474 e. The number of hydrogen-bond acceptors (Lipinski definition) is 11. The summed E-state index contributed by atoms with van der Waals surface area (Å²) in [6.07, 6.45) is 11.1. The minimum absolute atomic E-state index is 0.0505. The molecule has 8 N–H and O–H groups in total. The SMILES string of the molecule is CCCC[C@H](NC(=O)[C@@H]1Cc2ccccc2CN1C(=O)[C@@H](NC(=O)[C@H](CC1CCCCC1)NC(C)=O)C1CCN(C(=N)N)CC1)C(=O)N1CCC(c2ccccc2)[C@H]1C(=O)N[C@@H](CO)C1OC=CN1[C@@H](CC(C)C)C(=O)N(C)C. The number of piperidine rings is 1. The standard InChI is InChI=1S/C59H87N11O9/c1-7-8-23-45(55(76)69-29-26-44(40-19-13-10-14-20-40)51(69)54(75)64-47(36-71)58-68(30-31-79-58)49(32-37(2)3)56(77)66(5)6)63-53(74)48-34-42-21-15-16-22-43(42)35-70(48)57(78)50(41-24-27-67(28-25-41)59(60)61)65-52(73)46(62-38(4)72)33-39-17-11-9-12-18-39/h10,13-16,19-22,30-31,37,39,41,44-51,58,71H,7-9,11-12,17-18,23-29,32-36H2,1-6H3,(H3,60,61)(H,62,72)(H,63,74)(H,64,75)(H,65,73)/t44?,45-,46-,47-,48-,49-,50-,51-,58?/m0/s1. The first kappa shape index (κ1) is 60.0. The number of aliphatic hydroxyl groups is 1. The third-order valence-corrected chi connectivity index (χ3v) is 16.8. The molecule has 2 aromatic carbocycles. The molecule has 4 heterocycles. The molecule has 9 atom stereocenters. The molecule has 2 unspecified atom stereocenters. The number of benzene rings is 2. The Hall–Kier alpha value is -6.70. The van der Waals surface area contributed by atoms with Crippen LogP contribution in [0.1, 0.15) is 134 Å². The average Bonchev–Trinajstić information content (AvgIpc) is 4.19. The predicted molar refractivity (Wildman–Crippen MR) is 299 cm³/mol.